The minimum atomic E-state index is -0.291. The molecule has 2 atom stereocenters. The van der Waals surface area contributed by atoms with Crippen LogP contribution >= 0.6 is 0 Å². The van der Waals surface area contributed by atoms with E-state index in [-0.39, 0.29) is 17.9 Å². The van der Waals surface area contributed by atoms with Gasteiger partial charge in [0.05, 0.1) is 19.6 Å². The fraction of sp³-hybridized carbons (Fsp3) is 0.500. The summed E-state index contributed by atoms with van der Waals surface area (Å²) in [4.78, 5) is 0. The third kappa shape index (κ3) is 3.71. The summed E-state index contributed by atoms with van der Waals surface area (Å²) in [5, 5.41) is 12.0. The second kappa shape index (κ2) is 6.97. The summed E-state index contributed by atoms with van der Waals surface area (Å²) < 4.78 is 18.8. The van der Waals surface area contributed by atoms with E-state index in [1.165, 1.54) is 13.2 Å². The van der Waals surface area contributed by atoms with Crippen molar-refractivity contribution in [2.24, 2.45) is 0 Å². The Morgan fingerprint density at radius 3 is 2.72 bits per heavy atom. The Morgan fingerprint density at radius 2 is 2.22 bits per heavy atom. The van der Waals surface area contributed by atoms with Gasteiger partial charge in [-0.05, 0) is 19.4 Å². The first-order valence-corrected chi connectivity index (χ1v) is 6.08. The molecule has 0 aliphatic carbocycles. The standard InChI is InChI=1S/C14H19FN2O/c1-4-11(7-8-16)17-10(2)13-6-5-12(18-3)9-14(13)15/h5-6,9-11,17H,4,7H2,1-3H3. The predicted molar refractivity (Wildman–Crippen MR) is 68.8 cm³/mol. The van der Waals surface area contributed by atoms with E-state index in [1.54, 1.807) is 12.1 Å². The summed E-state index contributed by atoms with van der Waals surface area (Å²) in [6, 6.07) is 6.92. The van der Waals surface area contributed by atoms with Crippen LogP contribution in [0.4, 0.5) is 4.39 Å². The van der Waals surface area contributed by atoms with Gasteiger partial charge in [0.15, 0.2) is 0 Å². The van der Waals surface area contributed by atoms with Crippen molar-refractivity contribution in [2.75, 3.05) is 7.11 Å². The van der Waals surface area contributed by atoms with Gasteiger partial charge in [-0.1, -0.05) is 13.0 Å². The molecule has 18 heavy (non-hydrogen) atoms. The van der Waals surface area contributed by atoms with E-state index < -0.39 is 0 Å². The maximum Gasteiger partial charge on any atom is 0.131 e. The van der Waals surface area contributed by atoms with Crippen molar-refractivity contribution >= 4 is 0 Å². The predicted octanol–water partition coefficient (Wildman–Crippen LogP) is 3.18. The Bertz CT molecular complexity index is 428. The highest BCUT2D eigenvalue weighted by molar-refractivity contribution is 5.30. The molecule has 0 saturated carbocycles. The van der Waals surface area contributed by atoms with E-state index in [4.69, 9.17) is 10.00 Å². The maximum atomic E-state index is 13.8. The summed E-state index contributed by atoms with van der Waals surface area (Å²) in [6.45, 7) is 3.90. The lowest BCUT2D eigenvalue weighted by Crippen LogP contribution is -2.31. The summed E-state index contributed by atoms with van der Waals surface area (Å²) in [5.41, 5.74) is 0.590. The molecule has 1 aromatic rings. The van der Waals surface area contributed by atoms with Crippen LogP contribution in [-0.4, -0.2) is 13.2 Å². The monoisotopic (exact) mass is 250 g/mol. The third-order valence-electron chi connectivity index (χ3n) is 2.99. The molecule has 1 N–H and O–H groups in total. The summed E-state index contributed by atoms with van der Waals surface area (Å²) >= 11 is 0. The van der Waals surface area contributed by atoms with Gasteiger partial charge in [-0.15, -0.1) is 0 Å². The molecule has 0 bridgehead atoms. The number of ether oxygens (including phenoxy) is 1. The molecule has 4 heteroatoms. The Labute approximate surface area is 108 Å². The Hall–Kier alpha value is -1.60. The average Bonchev–Trinajstić information content (AvgIpc) is 2.37. The molecule has 0 aliphatic rings. The van der Waals surface area contributed by atoms with Crippen LogP contribution in [0.15, 0.2) is 18.2 Å². The largest absolute Gasteiger partial charge is 0.497 e. The lowest BCUT2D eigenvalue weighted by atomic mass is 10.0. The first-order valence-electron chi connectivity index (χ1n) is 6.08. The van der Waals surface area contributed by atoms with Crippen LogP contribution in [0.25, 0.3) is 0 Å². The van der Waals surface area contributed by atoms with Crippen LogP contribution in [0, 0.1) is 17.1 Å². The van der Waals surface area contributed by atoms with Crippen LogP contribution in [0.2, 0.25) is 0 Å². The van der Waals surface area contributed by atoms with Crippen molar-refractivity contribution in [3.05, 3.63) is 29.6 Å². The van der Waals surface area contributed by atoms with Crippen molar-refractivity contribution in [3.63, 3.8) is 0 Å². The molecule has 0 aliphatic heterocycles. The van der Waals surface area contributed by atoms with Crippen LogP contribution < -0.4 is 10.1 Å². The van der Waals surface area contributed by atoms with Crippen LogP contribution in [0.3, 0.4) is 0 Å². The highest BCUT2D eigenvalue weighted by Gasteiger charge is 2.15. The minimum Gasteiger partial charge on any atom is -0.497 e. The molecule has 1 aromatic carbocycles. The number of halogens is 1. The minimum absolute atomic E-state index is 0.0894. The van der Waals surface area contributed by atoms with Gasteiger partial charge in [0, 0.05) is 23.7 Å². The van der Waals surface area contributed by atoms with Gasteiger partial charge in [-0.2, -0.15) is 5.26 Å². The lowest BCUT2D eigenvalue weighted by Gasteiger charge is -2.21. The number of benzene rings is 1. The number of nitrogens with one attached hydrogen (secondary N) is 1. The molecule has 0 amide bonds. The van der Waals surface area contributed by atoms with Gasteiger partial charge in [0.25, 0.3) is 0 Å². The topological polar surface area (TPSA) is 45.0 Å². The molecular formula is C14H19FN2O. The molecule has 98 valence electrons. The quantitative estimate of drug-likeness (QED) is 0.843. The van der Waals surface area contributed by atoms with E-state index in [1.807, 2.05) is 13.8 Å². The zero-order valence-corrected chi connectivity index (χ0v) is 11.0. The number of rotatable bonds is 6. The van der Waals surface area contributed by atoms with Gasteiger partial charge in [0.1, 0.15) is 11.6 Å². The molecule has 3 nitrogen and oxygen atoms in total. The van der Waals surface area contributed by atoms with Crippen LogP contribution in [-0.2, 0) is 0 Å². The number of nitrogens with zero attached hydrogens (tertiary/aromatic N) is 1. The van der Waals surface area contributed by atoms with Crippen molar-refractivity contribution in [3.8, 4) is 11.8 Å². The van der Waals surface area contributed by atoms with Crippen molar-refractivity contribution in [1.29, 1.82) is 5.26 Å². The molecule has 1 rings (SSSR count). The number of hydrogen-bond acceptors (Lipinski definition) is 3. The lowest BCUT2D eigenvalue weighted by molar-refractivity contribution is 0.406. The van der Waals surface area contributed by atoms with Gasteiger partial charge >= 0.3 is 0 Å². The van der Waals surface area contributed by atoms with Crippen LogP contribution in [0.5, 0.6) is 5.75 Å². The Balaban J connectivity index is 2.77. The third-order valence-corrected chi connectivity index (χ3v) is 2.99. The zero-order chi connectivity index (χ0) is 13.5. The van der Waals surface area contributed by atoms with Gasteiger partial charge in [-0.25, -0.2) is 4.39 Å². The highest BCUT2D eigenvalue weighted by atomic mass is 19.1. The van der Waals surface area contributed by atoms with E-state index >= 15 is 0 Å². The molecule has 0 heterocycles. The normalized spacial score (nSPS) is 13.7. The van der Waals surface area contributed by atoms with Crippen molar-refractivity contribution < 1.29 is 9.13 Å². The summed E-state index contributed by atoms with van der Waals surface area (Å²) in [7, 11) is 1.51. The van der Waals surface area contributed by atoms with E-state index in [9.17, 15) is 4.39 Å². The molecule has 0 radical (unpaired) electrons. The number of methoxy groups -OCH3 is 1. The first-order chi connectivity index (χ1) is 8.62. The Kier molecular flexibility index (Phi) is 5.60. The molecule has 0 saturated heterocycles. The van der Waals surface area contributed by atoms with Gasteiger partial charge in [-0.3, -0.25) is 0 Å². The van der Waals surface area contributed by atoms with Gasteiger partial charge in [0.2, 0.25) is 0 Å². The number of nitriles is 1. The van der Waals surface area contributed by atoms with Gasteiger partial charge < -0.3 is 10.1 Å². The number of hydrogen-bond donors (Lipinski definition) is 1. The molecule has 0 spiro atoms. The molecule has 0 aromatic heterocycles. The highest BCUT2D eigenvalue weighted by Crippen LogP contribution is 2.22. The summed E-state index contributed by atoms with van der Waals surface area (Å²) in [5.74, 6) is 0.216. The van der Waals surface area contributed by atoms with Crippen molar-refractivity contribution in [1.82, 2.24) is 5.32 Å². The first kappa shape index (κ1) is 14.5. The van der Waals surface area contributed by atoms with E-state index in [0.717, 1.165) is 6.42 Å². The summed E-state index contributed by atoms with van der Waals surface area (Å²) in [6.07, 6.45) is 1.27. The fourth-order valence-electron chi connectivity index (χ4n) is 1.86. The van der Waals surface area contributed by atoms with E-state index in [2.05, 4.69) is 11.4 Å². The van der Waals surface area contributed by atoms with E-state index in [0.29, 0.717) is 17.7 Å². The smallest absolute Gasteiger partial charge is 0.131 e. The molecule has 0 fully saturated rings. The average molecular weight is 250 g/mol. The second-order valence-corrected chi connectivity index (χ2v) is 4.24. The second-order valence-electron chi connectivity index (χ2n) is 4.24. The SMILES string of the molecule is CCC(CC#N)NC(C)c1ccc(OC)cc1F. The van der Waals surface area contributed by atoms with Crippen LogP contribution in [0.1, 0.15) is 38.3 Å². The molecular weight excluding hydrogens is 231 g/mol. The maximum absolute atomic E-state index is 13.8. The fourth-order valence-corrected chi connectivity index (χ4v) is 1.86. The molecule has 2 unspecified atom stereocenters. The zero-order valence-electron chi connectivity index (χ0n) is 11.0. The Morgan fingerprint density at radius 1 is 1.50 bits per heavy atom. The van der Waals surface area contributed by atoms with Crippen molar-refractivity contribution in [2.45, 2.75) is 38.8 Å².